The molecule has 2 N–H and O–H groups in total. The Hall–Kier alpha value is -3.67. The first-order chi connectivity index (χ1) is 14.1. The molecule has 3 rings (SSSR count). The molecule has 0 bridgehead atoms. The van der Waals surface area contributed by atoms with Crippen molar-refractivity contribution in [1.82, 2.24) is 10.3 Å². The fourth-order valence-corrected chi connectivity index (χ4v) is 2.86. The maximum absolute atomic E-state index is 12.6. The Morgan fingerprint density at radius 3 is 2.48 bits per heavy atom. The van der Waals surface area contributed by atoms with E-state index < -0.39 is 0 Å². The second kappa shape index (κ2) is 9.50. The van der Waals surface area contributed by atoms with Crippen molar-refractivity contribution in [3.8, 4) is 5.75 Å². The summed E-state index contributed by atoms with van der Waals surface area (Å²) in [6.07, 6.45) is 2.26. The van der Waals surface area contributed by atoms with Crippen LogP contribution >= 0.6 is 0 Å². The second-order valence-corrected chi connectivity index (χ2v) is 6.43. The first-order valence-electron chi connectivity index (χ1n) is 9.37. The zero-order valence-corrected chi connectivity index (χ0v) is 16.4. The highest BCUT2D eigenvalue weighted by molar-refractivity contribution is 6.05. The minimum atomic E-state index is -0.351. The van der Waals surface area contributed by atoms with Gasteiger partial charge in [-0.05, 0) is 47.9 Å². The molecule has 2 aromatic carbocycles. The van der Waals surface area contributed by atoms with Gasteiger partial charge in [-0.1, -0.05) is 37.3 Å². The van der Waals surface area contributed by atoms with Crippen molar-refractivity contribution in [2.24, 2.45) is 0 Å². The lowest BCUT2D eigenvalue weighted by atomic mass is 10.1. The van der Waals surface area contributed by atoms with E-state index in [9.17, 15) is 9.59 Å². The molecule has 6 heteroatoms. The molecular weight excluding hydrogens is 366 g/mol. The number of benzene rings is 2. The summed E-state index contributed by atoms with van der Waals surface area (Å²) in [5, 5.41) is 5.72. The van der Waals surface area contributed by atoms with E-state index >= 15 is 0 Å². The molecule has 29 heavy (non-hydrogen) atoms. The molecular formula is C23H23N3O3. The first kappa shape index (κ1) is 20.1. The van der Waals surface area contributed by atoms with Crippen LogP contribution in [0.1, 0.15) is 38.9 Å². The monoisotopic (exact) mass is 389 g/mol. The van der Waals surface area contributed by atoms with Gasteiger partial charge in [-0.15, -0.1) is 0 Å². The van der Waals surface area contributed by atoms with Gasteiger partial charge in [0.1, 0.15) is 11.4 Å². The summed E-state index contributed by atoms with van der Waals surface area (Å²) in [5.74, 6) is 0.136. The third kappa shape index (κ3) is 5.19. The number of hydrogen-bond acceptors (Lipinski definition) is 4. The highest BCUT2D eigenvalue weighted by Crippen LogP contribution is 2.16. The highest BCUT2D eigenvalue weighted by Gasteiger charge is 2.13. The average Bonchev–Trinajstić information content (AvgIpc) is 2.78. The van der Waals surface area contributed by atoms with E-state index in [1.54, 1.807) is 13.2 Å². The summed E-state index contributed by atoms with van der Waals surface area (Å²) in [6.45, 7) is 2.40. The van der Waals surface area contributed by atoms with Crippen LogP contribution < -0.4 is 15.4 Å². The summed E-state index contributed by atoms with van der Waals surface area (Å²) >= 11 is 0. The molecule has 0 aliphatic heterocycles. The Morgan fingerprint density at radius 1 is 1.00 bits per heavy atom. The van der Waals surface area contributed by atoms with Gasteiger partial charge in [-0.2, -0.15) is 0 Å². The number of aromatic nitrogens is 1. The lowest BCUT2D eigenvalue weighted by molar-refractivity contribution is 0.0951. The normalized spacial score (nSPS) is 10.3. The van der Waals surface area contributed by atoms with Crippen molar-refractivity contribution in [2.75, 3.05) is 12.4 Å². The van der Waals surface area contributed by atoms with Gasteiger partial charge in [0.15, 0.2) is 0 Å². The van der Waals surface area contributed by atoms with Crippen molar-refractivity contribution in [2.45, 2.75) is 19.9 Å². The van der Waals surface area contributed by atoms with Crippen LogP contribution in [0, 0.1) is 0 Å². The first-order valence-corrected chi connectivity index (χ1v) is 9.37. The number of anilines is 1. The Bertz CT molecular complexity index is 1000. The molecule has 6 nitrogen and oxygen atoms in total. The zero-order chi connectivity index (χ0) is 20.6. The quantitative estimate of drug-likeness (QED) is 0.643. The number of nitrogens with one attached hydrogen (secondary N) is 2. The summed E-state index contributed by atoms with van der Waals surface area (Å²) < 4.78 is 5.12. The van der Waals surface area contributed by atoms with Crippen LogP contribution in [0.4, 0.5) is 5.69 Å². The topological polar surface area (TPSA) is 80.3 Å². The number of rotatable bonds is 7. The third-order valence-electron chi connectivity index (χ3n) is 4.51. The van der Waals surface area contributed by atoms with E-state index in [2.05, 4.69) is 15.6 Å². The van der Waals surface area contributed by atoms with Crippen molar-refractivity contribution in [3.63, 3.8) is 0 Å². The van der Waals surface area contributed by atoms with Gasteiger partial charge < -0.3 is 15.4 Å². The minimum absolute atomic E-state index is 0.188. The molecule has 0 aliphatic rings. The molecule has 0 unspecified atom stereocenters. The largest absolute Gasteiger partial charge is 0.497 e. The number of hydrogen-bond donors (Lipinski definition) is 2. The predicted molar refractivity (Wildman–Crippen MR) is 112 cm³/mol. The van der Waals surface area contributed by atoms with Gasteiger partial charge in [0.25, 0.3) is 11.8 Å². The number of nitrogens with zero attached hydrogens (tertiary/aromatic N) is 1. The Kier molecular flexibility index (Phi) is 6.58. The van der Waals surface area contributed by atoms with E-state index in [-0.39, 0.29) is 17.5 Å². The van der Waals surface area contributed by atoms with Crippen LogP contribution in [0.25, 0.3) is 0 Å². The third-order valence-corrected chi connectivity index (χ3v) is 4.51. The molecule has 1 heterocycles. The summed E-state index contributed by atoms with van der Waals surface area (Å²) in [4.78, 5) is 29.2. The fourth-order valence-electron chi connectivity index (χ4n) is 2.86. The van der Waals surface area contributed by atoms with E-state index in [0.29, 0.717) is 12.1 Å². The number of pyridine rings is 1. The standard InChI is InChI=1S/C23H23N3O3/c1-3-17-6-4-5-7-20(17)26-23(28)21-14-18(12-13-24-21)22(27)25-15-16-8-10-19(29-2)11-9-16/h4-14H,3,15H2,1-2H3,(H,25,27)(H,26,28). The van der Waals surface area contributed by atoms with E-state index in [0.717, 1.165) is 29.0 Å². The van der Waals surface area contributed by atoms with Gasteiger partial charge in [0.05, 0.1) is 7.11 Å². The molecule has 0 fully saturated rings. The number of carbonyl (C=O) groups excluding carboxylic acids is 2. The van der Waals surface area contributed by atoms with Crippen LogP contribution in [-0.2, 0) is 13.0 Å². The summed E-state index contributed by atoms with van der Waals surface area (Å²) in [7, 11) is 1.61. The number of ether oxygens (including phenoxy) is 1. The molecule has 0 atom stereocenters. The van der Waals surface area contributed by atoms with E-state index in [4.69, 9.17) is 4.74 Å². The Morgan fingerprint density at radius 2 is 1.76 bits per heavy atom. The lowest BCUT2D eigenvalue weighted by Gasteiger charge is -2.10. The minimum Gasteiger partial charge on any atom is -0.497 e. The lowest BCUT2D eigenvalue weighted by Crippen LogP contribution is -2.23. The number of methoxy groups -OCH3 is 1. The molecule has 0 radical (unpaired) electrons. The van der Waals surface area contributed by atoms with Crippen molar-refractivity contribution in [3.05, 3.63) is 89.2 Å². The molecule has 0 saturated heterocycles. The molecule has 0 spiro atoms. The number of aryl methyl sites for hydroxylation is 1. The maximum Gasteiger partial charge on any atom is 0.274 e. The van der Waals surface area contributed by atoms with Gasteiger partial charge in [0.2, 0.25) is 0 Å². The van der Waals surface area contributed by atoms with Crippen molar-refractivity contribution >= 4 is 17.5 Å². The van der Waals surface area contributed by atoms with Crippen LogP contribution in [0.3, 0.4) is 0 Å². The molecule has 2 amide bonds. The highest BCUT2D eigenvalue weighted by atomic mass is 16.5. The van der Waals surface area contributed by atoms with Gasteiger partial charge in [0, 0.05) is 24.0 Å². The Labute approximate surface area is 169 Å². The fraction of sp³-hybridized carbons (Fsp3) is 0.174. The summed E-state index contributed by atoms with van der Waals surface area (Å²) in [6, 6.07) is 18.1. The van der Waals surface area contributed by atoms with Gasteiger partial charge in [-0.3, -0.25) is 14.6 Å². The smallest absolute Gasteiger partial charge is 0.274 e. The zero-order valence-electron chi connectivity index (χ0n) is 16.4. The number of carbonyl (C=O) groups is 2. The maximum atomic E-state index is 12.6. The number of para-hydroxylation sites is 1. The second-order valence-electron chi connectivity index (χ2n) is 6.43. The van der Waals surface area contributed by atoms with Gasteiger partial charge in [-0.25, -0.2) is 0 Å². The molecule has 3 aromatic rings. The predicted octanol–water partition coefficient (Wildman–Crippen LogP) is 3.83. The SMILES string of the molecule is CCc1ccccc1NC(=O)c1cc(C(=O)NCc2ccc(OC)cc2)ccn1. The molecule has 0 aliphatic carbocycles. The van der Waals surface area contributed by atoms with Gasteiger partial charge >= 0.3 is 0 Å². The van der Waals surface area contributed by atoms with Crippen LogP contribution in [-0.4, -0.2) is 23.9 Å². The Balaban J connectivity index is 1.66. The number of amides is 2. The molecule has 1 aromatic heterocycles. The molecule has 148 valence electrons. The van der Waals surface area contributed by atoms with Crippen LogP contribution in [0.2, 0.25) is 0 Å². The van der Waals surface area contributed by atoms with Crippen molar-refractivity contribution in [1.29, 1.82) is 0 Å². The van der Waals surface area contributed by atoms with E-state index in [1.165, 1.54) is 12.3 Å². The summed E-state index contributed by atoms with van der Waals surface area (Å²) in [5.41, 5.74) is 3.29. The van der Waals surface area contributed by atoms with Crippen molar-refractivity contribution < 1.29 is 14.3 Å². The van der Waals surface area contributed by atoms with Crippen LogP contribution in [0.15, 0.2) is 66.9 Å². The average molecular weight is 389 g/mol. The van der Waals surface area contributed by atoms with Crippen LogP contribution in [0.5, 0.6) is 5.75 Å². The molecule has 0 saturated carbocycles. The van der Waals surface area contributed by atoms with E-state index in [1.807, 2.05) is 55.5 Å².